The second-order valence-electron chi connectivity index (χ2n) is 3.18. The molecule has 0 spiro atoms. The third-order valence-electron chi connectivity index (χ3n) is 2.22. The standard InChI is InChI=1S/C10H18O4/c1-7(8(2)10(13)14-3)9(12)5-4-6-11/h9,11-12H,4-6H2,1-3H3. The van der Waals surface area contributed by atoms with E-state index in [0.717, 1.165) is 0 Å². The Morgan fingerprint density at radius 2 is 2.00 bits per heavy atom. The van der Waals surface area contributed by atoms with Crippen LogP contribution in [0, 0.1) is 0 Å². The molecule has 0 aliphatic rings. The van der Waals surface area contributed by atoms with Gasteiger partial charge in [0, 0.05) is 12.2 Å². The Morgan fingerprint density at radius 3 is 2.43 bits per heavy atom. The number of hydrogen-bond donors (Lipinski definition) is 2. The van der Waals surface area contributed by atoms with Crippen molar-refractivity contribution >= 4 is 5.97 Å². The molecule has 0 heterocycles. The van der Waals surface area contributed by atoms with Crippen LogP contribution in [0.3, 0.4) is 0 Å². The van der Waals surface area contributed by atoms with E-state index < -0.39 is 12.1 Å². The van der Waals surface area contributed by atoms with Crippen molar-refractivity contribution in [2.45, 2.75) is 32.8 Å². The average Bonchev–Trinajstić information content (AvgIpc) is 2.22. The number of carbonyl (C=O) groups excluding carboxylic acids is 1. The van der Waals surface area contributed by atoms with E-state index in [1.54, 1.807) is 13.8 Å². The Bertz CT molecular complexity index is 220. The molecule has 0 saturated heterocycles. The van der Waals surface area contributed by atoms with Crippen LogP contribution in [0.5, 0.6) is 0 Å². The van der Waals surface area contributed by atoms with E-state index in [9.17, 15) is 9.90 Å². The van der Waals surface area contributed by atoms with E-state index in [2.05, 4.69) is 4.74 Å². The molecule has 0 aromatic heterocycles. The fraction of sp³-hybridized carbons (Fsp3) is 0.700. The fourth-order valence-electron chi connectivity index (χ4n) is 1.07. The molecule has 82 valence electrons. The number of hydrogen-bond acceptors (Lipinski definition) is 4. The molecule has 0 aliphatic heterocycles. The zero-order valence-corrected chi connectivity index (χ0v) is 8.91. The Kier molecular flexibility index (Phi) is 6.16. The van der Waals surface area contributed by atoms with Crippen LogP contribution in [0.25, 0.3) is 0 Å². The van der Waals surface area contributed by atoms with Gasteiger partial charge in [-0.2, -0.15) is 0 Å². The van der Waals surface area contributed by atoms with Crippen molar-refractivity contribution in [2.24, 2.45) is 0 Å². The molecule has 0 fully saturated rings. The van der Waals surface area contributed by atoms with E-state index in [0.29, 0.717) is 24.0 Å². The van der Waals surface area contributed by atoms with Crippen LogP contribution in [0.1, 0.15) is 26.7 Å². The lowest BCUT2D eigenvalue weighted by Gasteiger charge is -2.12. The summed E-state index contributed by atoms with van der Waals surface area (Å²) in [7, 11) is 1.30. The van der Waals surface area contributed by atoms with Gasteiger partial charge in [-0.1, -0.05) is 0 Å². The number of aliphatic hydroxyl groups excluding tert-OH is 2. The molecule has 1 unspecified atom stereocenters. The molecule has 0 aromatic carbocycles. The van der Waals surface area contributed by atoms with Gasteiger partial charge in [0.1, 0.15) is 0 Å². The first-order valence-corrected chi connectivity index (χ1v) is 4.59. The lowest BCUT2D eigenvalue weighted by molar-refractivity contribution is -0.136. The second kappa shape index (κ2) is 6.56. The highest BCUT2D eigenvalue weighted by Crippen LogP contribution is 2.13. The molecule has 4 heteroatoms. The van der Waals surface area contributed by atoms with Gasteiger partial charge in [-0.15, -0.1) is 0 Å². The predicted molar refractivity (Wildman–Crippen MR) is 52.7 cm³/mol. The van der Waals surface area contributed by atoms with Gasteiger partial charge < -0.3 is 14.9 Å². The van der Waals surface area contributed by atoms with E-state index in [-0.39, 0.29) is 6.61 Å². The van der Waals surface area contributed by atoms with Crippen LogP contribution in [0.4, 0.5) is 0 Å². The third kappa shape index (κ3) is 3.89. The molecule has 0 amide bonds. The minimum Gasteiger partial charge on any atom is -0.466 e. The van der Waals surface area contributed by atoms with Gasteiger partial charge in [0.2, 0.25) is 0 Å². The molecule has 14 heavy (non-hydrogen) atoms. The Hall–Kier alpha value is -0.870. The highest BCUT2D eigenvalue weighted by molar-refractivity contribution is 5.88. The molecule has 0 radical (unpaired) electrons. The highest BCUT2D eigenvalue weighted by Gasteiger charge is 2.13. The topological polar surface area (TPSA) is 66.8 Å². The lowest BCUT2D eigenvalue weighted by Crippen LogP contribution is -2.14. The minimum absolute atomic E-state index is 0.0433. The summed E-state index contributed by atoms with van der Waals surface area (Å²) in [6, 6.07) is 0. The first-order chi connectivity index (χ1) is 6.54. The fourth-order valence-corrected chi connectivity index (χ4v) is 1.07. The van der Waals surface area contributed by atoms with Crippen LogP contribution >= 0.6 is 0 Å². The molecule has 0 bridgehead atoms. The summed E-state index contributed by atoms with van der Waals surface area (Å²) in [5, 5.41) is 18.2. The molecule has 0 saturated carbocycles. The van der Waals surface area contributed by atoms with Crippen molar-refractivity contribution in [1.82, 2.24) is 0 Å². The summed E-state index contributed by atoms with van der Waals surface area (Å²) >= 11 is 0. The monoisotopic (exact) mass is 202 g/mol. The zero-order chi connectivity index (χ0) is 11.1. The maximum absolute atomic E-state index is 11.1. The average molecular weight is 202 g/mol. The van der Waals surface area contributed by atoms with Crippen LogP contribution in [0.15, 0.2) is 11.1 Å². The molecule has 1 atom stereocenters. The Labute approximate surface area is 84.2 Å². The van der Waals surface area contributed by atoms with Gasteiger partial charge >= 0.3 is 5.97 Å². The molecular weight excluding hydrogens is 184 g/mol. The first kappa shape index (κ1) is 13.1. The molecule has 0 aliphatic carbocycles. The summed E-state index contributed by atoms with van der Waals surface area (Å²) in [4.78, 5) is 11.1. The summed E-state index contributed by atoms with van der Waals surface area (Å²) in [6.45, 7) is 3.35. The summed E-state index contributed by atoms with van der Waals surface area (Å²) in [6.07, 6.45) is 0.296. The first-order valence-electron chi connectivity index (χ1n) is 4.59. The number of ether oxygens (including phenoxy) is 1. The Morgan fingerprint density at radius 1 is 1.43 bits per heavy atom. The van der Waals surface area contributed by atoms with Gasteiger partial charge in [-0.05, 0) is 32.3 Å². The van der Waals surface area contributed by atoms with Crippen LogP contribution in [-0.4, -0.2) is 36.0 Å². The van der Waals surface area contributed by atoms with Crippen molar-refractivity contribution in [2.75, 3.05) is 13.7 Å². The molecular formula is C10H18O4. The molecule has 0 rings (SSSR count). The van der Waals surface area contributed by atoms with E-state index in [1.165, 1.54) is 7.11 Å². The summed E-state index contributed by atoms with van der Waals surface area (Å²) in [5.41, 5.74) is 1.03. The quantitative estimate of drug-likeness (QED) is 0.507. The van der Waals surface area contributed by atoms with E-state index in [1.807, 2.05) is 0 Å². The lowest BCUT2D eigenvalue weighted by atomic mass is 10.0. The second-order valence-corrected chi connectivity index (χ2v) is 3.18. The predicted octanol–water partition coefficient (Wildman–Crippen LogP) is 0.629. The Balaban J connectivity index is 4.39. The SMILES string of the molecule is COC(=O)C(C)=C(C)C(O)CCCO. The highest BCUT2D eigenvalue weighted by atomic mass is 16.5. The summed E-state index contributed by atoms with van der Waals surface area (Å²) in [5.74, 6) is -0.425. The number of carbonyl (C=O) groups is 1. The number of methoxy groups -OCH3 is 1. The molecule has 4 nitrogen and oxygen atoms in total. The molecule has 0 aromatic rings. The largest absolute Gasteiger partial charge is 0.466 e. The number of rotatable bonds is 5. The smallest absolute Gasteiger partial charge is 0.333 e. The van der Waals surface area contributed by atoms with Gasteiger partial charge in [-0.3, -0.25) is 0 Å². The van der Waals surface area contributed by atoms with Crippen LogP contribution < -0.4 is 0 Å². The van der Waals surface area contributed by atoms with Crippen molar-refractivity contribution in [1.29, 1.82) is 0 Å². The van der Waals surface area contributed by atoms with Gasteiger partial charge in [0.15, 0.2) is 0 Å². The minimum atomic E-state index is -0.679. The normalized spacial score (nSPS) is 14.6. The zero-order valence-electron chi connectivity index (χ0n) is 8.91. The van der Waals surface area contributed by atoms with Crippen LogP contribution in [-0.2, 0) is 9.53 Å². The van der Waals surface area contributed by atoms with Gasteiger partial charge in [0.25, 0.3) is 0 Å². The van der Waals surface area contributed by atoms with Crippen molar-refractivity contribution in [3.05, 3.63) is 11.1 Å². The number of aliphatic hydroxyl groups is 2. The maximum Gasteiger partial charge on any atom is 0.333 e. The van der Waals surface area contributed by atoms with Crippen LogP contribution in [0.2, 0.25) is 0 Å². The number of esters is 1. The summed E-state index contributed by atoms with van der Waals surface area (Å²) < 4.78 is 4.53. The maximum atomic E-state index is 11.1. The molecule has 2 N–H and O–H groups in total. The van der Waals surface area contributed by atoms with E-state index >= 15 is 0 Å². The van der Waals surface area contributed by atoms with Crippen molar-refractivity contribution in [3.63, 3.8) is 0 Å². The van der Waals surface area contributed by atoms with Gasteiger partial charge in [-0.25, -0.2) is 4.79 Å². The van der Waals surface area contributed by atoms with Crippen molar-refractivity contribution in [3.8, 4) is 0 Å². The van der Waals surface area contributed by atoms with Crippen molar-refractivity contribution < 1.29 is 19.7 Å². The third-order valence-corrected chi connectivity index (χ3v) is 2.22. The van der Waals surface area contributed by atoms with E-state index in [4.69, 9.17) is 5.11 Å². The van der Waals surface area contributed by atoms with Gasteiger partial charge in [0.05, 0.1) is 13.2 Å².